The van der Waals surface area contributed by atoms with E-state index in [1.54, 1.807) is 0 Å². The summed E-state index contributed by atoms with van der Waals surface area (Å²) in [5.74, 6) is 0.874. The summed E-state index contributed by atoms with van der Waals surface area (Å²) in [6.07, 6.45) is 6.82. The minimum Gasteiger partial charge on any atom is -0.353 e. The lowest BCUT2D eigenvalue weighted by atomic mass is 9.94. The molecule has 2 rings (SSSR count). The third kappa shape index (κ3) is 2.92. The largest absolute Gasteiger partial charge is 0.353 e. The van der Waals surface area contributed by atoms with E-state index >= 15 is 0 Å². The fourth-order valence-corrected chi connectivity index (χ4v) is 3.00. The van der Waals surface area contributed by atoms with Crippen molar-refractivity contribution in [2.24, 2.45) is 5.92 Å². The van der Waals surface area contributed by atoms with Gasteiger partial charge in [-0.05, 0) is 44.4 Å². The summed E-state index contributed by atoms with van der Waals surface area (Å²) in [6.45, 7) is 4.05. The number of hydrogen-bond acceptors (Lipinski definition) is 3. The van der Waals surface area contributed by atoms with E-state index in [9.17, 15) is 4.79 Å². The summed E-state index contributed by atoms with van der Waals surface area (Å²) in [5.41, 5.74) is 0. The lowest BCUT2D eigenvalue weighted by Gasteiger charge is -2.27. The first-order valence-electron chi connectivity index (χ1n) is 6.21. The molecule has 1 heterocycles. The Hall–Kier alpha value is -0.220. The van der Waals surface area contributed by atoms with Gasteiger partial charge in [0.2, 0.25) is 5.91 Å². The number of hydrogen-bond donors (Lipinski definition) is 2. The van der Waals surface area contributed by atoms with Crippen molar-refractivity contribution < 1.29 is 4.79 Å². The number of rotatable bonds is 4. The van der Waals surface area contributed by atoms with E-state index in [1.807, 2.05) is 11.8 Å². The predicted molar refractivity (Wildman–Crippen MR) is 68.7 cm³/mol. The molecule has 0 aromatic rings. The molecular formula is C12H22N2OS. The number of amides is 1. The number of nitrogens with one attached hydrogen (secondary N) is 2. The highest BCUT2D eigenvalue weighted by molar-refractivity contribution is 8.00. The molecule has 1 amide bonds. The van der Waals surface area contributed by atoms with E-state index in [2.05, 4.69) is 23.8 Å². The van der Waals surface area contributed by atoms with E-state index < -0.39 is 0 Å². The maximum atomic E-state index is 12.0. The van der Waals surface area contributed by atoms with Crippen LogP contribution in [0.25, 0.3) is 0 Å². The molecule has 0 aromatic heterocycles. The van der Waals surface area contributed by atoms with Gasteiger partial charge in [-0.15, -0.1) is 0 Å². The van der Waals surface area contributed by atoms with Gasteiger partial charge in [-0.3, -0.25) is 4.79 Å². The van der Waals surface area contributed by atoms with Gasteiger partial charge in [0.15, 0.2) is 0 Å². The number of piperidine rings is 1. The van der Waals surface area contributed by atoms with E-state index in [4.69, 9.17) is 0 Å². The Morgan fingerprint density at radius 3 is 2.88 bits per heavy atom. The lowest BCUT2D eigenvalue weighted by Crippen LogP contribution is -2.49. The molecule has 1 aliphatic heterocycles. The molecule has 3 nitrogen and oxygen atoms in total. The summed E-state index contributed by atoms with van der Waals surface area (Å²) in [5, 5.41) is 6.41. The zero-order valence-corrected chi connectivity index (χ0v) is 11.0. The molecule has 0 bridgehead atoms. The SMILES string of the molecule is CSC1(CNC(=O)C2CC(C)CCN2)CC1. The molecule has 0 spiro atoms. The molecule has 2 fully saturated rings. The summed E-state index contributed by atoms with van der Waals surface area (Å²) in [6, 6.07) is 0.0430. The third-order valence-corrected chi connectivity index (χ3v) is 5.23. The lowest BCUT2D eigenvalue weighted by molar-refractivity contribution is -0.124. The van der Waals surface area contributed by atoms with Crippen LogP contribution in [0.4, 0.5) is 0 Å². The van der Waals surface area contributed by atoms with Gasteiger partial charge in [0.05, 0.1) is 6.04 Å². The van der Waals surface area contributed by atoms with Gasteiger partial charge in [-0.1, -0.05) is 6.92 Å². The normalized spacial score (nSPS) is 32.1. The van der Waals surface area contributed by atoms with Crippen molar-refractivity contribution in [1.82, 2.24) is 10.6 Å². The average Bonchev–Trinajstić information content (AvgIpc) is 3.07. The Labute approximate surface area is 102 Å². The molecule has 1 aliphatic carbocycles. The van der Waals surface area contributed by atoms with Crippen molar-refractivity contribution in [3.63, 3.8) is 0 Å². The van der Waals surface area contributed by atoms with Crippen LogP contribution >= 0.6 is 11.8 Å². The molecule has 1 saturated heterocycles. The second-order valence-electron chi connectivity index (χ2n) is 5.24. The number of carbonyl (C=O) groups excluding carboxylic acids is 1. The monoisotopic (exact) mass is 242 g/mol. The van der Waals surface area contributed by atoms with E-state index in [0.717, 1.165) is 19.5 Å². The minimum atomic E-state index is 0.0430. The first-order chi connectivity index (χ1) is 7.65. The van der Waals surface area contributed by atoms with Crippen LogP contribution in [-0.4, -0.2) is 36.0 Å². The maximum absolute atomic E-state index is 12.0. The summed E-state index contributed by atoms with van der Waals surface area (Å²) >= 11 is 1.89. The average molecular weight is 242 g/mol. The van der Waals surface area contributed by atoms with E-state index in [1.165, 1.54) is 19.3 Å². The van der Waals surface area contributed by atoms with E-state index in [0.29, 0.717) is 10.7 Å². The Balaban J connectivity index is 1.75. The van der Waals surface area contributed by atoms with Crippen LogP contribution in [0.2, 0.25) is 0 Å². The topological polar surface area (TPSA) is 41.1 Å². The number of thioether (sulfide) groups is 1. The second kappa shape index (κ2) is 4.96. The third-order valence-electron chi connectivity index (χ3n) is 3.81. The molecular weight excluding hydrogens is 220 g/mol. The van der Waals surface area contributed by atoms with Crippen molar-refractivity contribution in [3.05, 3.63) is 0 Å². The second-order valence-corrected chi connectivity index (χ2v) is 6.52. The molecule has 2 aliphatic rings. The molecule has 2 N–H and O–H groups in total. The highest BCUT2D eigenvalue weighted by atomic mass is 32.2. The fraction of sp³-hybridized carbons (Fsp3) is 0.917. The van der Waals surface area contributed by atoms with Crippen LogP contribution in [0.15, 0.2) is 0 Å². The molecule has 16 heavy (non-hydrogen) atoms. The Bertz CT molecular complexity index is 266. The highest BCUT2D eigenvalue weighted by Crippen LogP contribution is 2.46. The van der Waals surface area contributed by atoms with Crippen LogP contribution in [-0.2, 0) is 4.79 Å². The fourth-order valence-electron chi connectivity index (χ4n) is 2.27. The van der Waals surface area contributed by atoms with Crippen molar-refractivity contribution in [2.75, 3.05) is 19.3 Å². The van der Waals surface area contributed by atoms with Gasteiger partial charge < -0.3 is 10.6 Å². The molecule has 1 saturated carbocycles. The van der Waals surface area contributed by atoms with E-state index in [-0.39, 0.29) is 11.9 Å². The van der Waals surface area contributed by atoms with Crippen LogP contribution < -0.4 is 10.6 Å². The summed E-state index contributed by atoms with van der Waals surface area (Å²) in [4.78, 5) is 12.0. The molecule has 2 atom stereocenters. The molecule has 0 aromatic carbocycles. The van der Waals surface area contributed by atoms with Gasteiger partial charge in [-0.2, -0.15) is 11.8 Å². The standard InChI is InChI=1S/C12H22N2OS/c1-9-3-6-13-10(7-9)11(15)14-8-12(16-2)4-5-12/h9-10,13H,3-8H2,1-2H3,(H,14,15). The quantitative estimate of drug-likeness (QED) is 0.783. The first kappa shape index (κ1) is 12.2. The summed E-state index contributed by atoms with van der Waals surface area (Å²) < 4.78 is 0.371. The predicted octanol–water partition coefficient (Wildman–Crippen LogP) is 1.39. The van der Waals surface area contributed by atoms with Crippen LogP contribution in [0, 0.1) is 5.92 Å². The van der Waals surface area contributed by atoms with Crippen molar-refractivity contribution >= 4 is 17.7 Å². The molecule has 0 radical (unpaired) electrons. The molecule has 92 valence electrons. The smallest absolute Gasteiger partial charge is 0.237 e. The van der Waals surface area contributed by atoms with Crippen molar-refractivity contribution in [3.8, 4) is 0 Å². The zero-order valence-electron chi connectivity index (χ0n) is 10.2. The van der Waals surface area contributed by atoms with Gasteiger partial charge in [0.25, 0.3) is 0 Å². The van der Waals surface area contributed by atoms with Crippen LogP contribution in [0.1, 0.15) is 32.6 Å². The maximum Gasteiger partial charge on any atom is 0.237 e. The highest BCUT2D eigenvalue weighted by Gasteiger charge is 2.42. The Morgan fingerprint density at radius 1 is 1.56 bits per heavy atom. The van der Waals surface area contributed by atoms with Crippen molar-refractivity contribution in [2.45, 2.75) is 43.4 Å². The van der Waals surface area contributed by atoms with Gasteiger partial charge in [0.1, 0.15) is 0 Å². The molecule has 2 unspecified atom stereocenters. The number of carbonyl (C=O) groups is 1. The first-order valence-corrected chi connectivity index (χ1v) is 7.44. The Kier molecular flexibility index (Phi) is 3.80. The van der Waals surface area contributed by atoms with Gasteiger partial charge >= 0.3 is 0 Å². The van der Waals surface area contributed by atoms with Gasteiger partial charge in [-0.25, -0.2) is 0 Å². The molecule has 4 heteroatoms. The summed E-state index contributed by atoms with van der Waals surface area (Å²) in [7, 11) is 0. The van der Waals surface area contributed by atoms with Crippen LogP contribution in [0.3, 0.4) is 0 Å². The van der Waals surface area contributed by atoms with Gasteiger partial charge in [0, 0.05) is 11.3 Å². The Morgan fingerprint density at radius 2 is 2.31 bits per heavy atom. The van der Waals surface area contributed by atoms with Crippen LogP contribution in [0.5, 0.6) is 0 Å². The zero-order chi connectivity index (χ0) is 11.6. The minimum absolute atomic E-state index is 0.0430. The van der Waals surface area contributed by atoms with Crippen molar-refractivity contribution in [1.29, 1.82) is 0 Å².